The number of hydrogen-bond acceptors (Lipinski definition) is 6. The zero-order chi connectivity index (χ0) is 18.3. The van der Waals surface area contributed by atoms with Crippen LogP contribution in [0.15, 0.2) is 48.0 Å². The summed E-state index contributed by atoms with van der Waals surface area (Å²) in [5, 5.41) is 6.59. The monoisotopic (exact) mass is 390 g/mol. The Balaban J connectivity index is 1.62. The molecule has 2 aromatic heterocycles. The van der Waals surface area contributed by atoms with Crippen molar-refractivity contribution < 1.29 is 13.2 Å². The van der Waals surface area contributed by atoms with Crippen LogP contribution < -0.4 is 10.0 Å². The van der Waals surface area contributed by atoms with Gasteiger partial charge >= 0.3 is 0 Å². The molecule has 1 aromatic carbocycles. The van der Waals surface area contributed by atoms with E-state index < -0.39 is 10.0 Å². The number of amides is 1. The molecule has 3 aromatic rings. The molecule has 0 radical (unpaired) electrons. The number of benzene rings is 1. The van der Waals surface area contributed by atoms with Gasteiger partial charge in [-0.2, -0.15) is 5.10 Å². The minimum Gasteiger partial charge on any atom is -0.325 e. The Morgan fingerprint density at radius 1 is 1.27 bits per heavy atom. The van der Waals surface area contributed by atoms with Gasteiger partial charge in [-0.05, 0) is 29.8 Å². The molecule has 0 spiro atoms. The zero-order valence-electron chi connectivity index (χ0n) is 13.0. The molecule has 0 unspecified atom stereocenters. The first-order chi connectivity index (χ1) is 12.4. The minimum atomic E-state index is -3.95. The molecule has 0 fully saturated rings. The lowest BCUT2D eigenvalue weighted by atomic mass is 10.2. The van der Waals surface area contributed by atoms with Crippen molar-refractivity contribution in [3.63, 3.8) is 0 Å². The summed E-state index contributed by atoms with van der Waals surface area (Å²) in [5.74, 6) is 0.289. The quantitative estimate of drug-likeness (QED) is 0.698. The van der Waals surface area contributed by atoms with E-state index in [1.54, 1.807) is 12.1 Å². The first kappa shape index (κ1) is 16.5. The van der Waals surface area contributed by atoms with Crippen LogP contribution in [0.4, 0.5) is 11.4 Å². The number of fused-ring (bicyclic) bond motifs is 1. The van der Waals surface area contributed by atoms with Gasteiger partial charge in [-0.3, -0.25) is 9.52 Å². The number of halogens is 1. The Labute approximate surface area is 153 Å². The smallest absolute Gasteiger partial charge is 0.263 e. The van der Waals surface area contributed by atoms with Gasteiger partial charge in [0.05, 0.1) is 23.3 Å². The van der Waals surface area contributed by atoms with Gasteiger partial charge in [0, 0.05) is 5.69 Å². The summed E-state index contributed by atoms with van der Waals surface area (Å²) < 4.78 is 29.2. The lowest BCUT2D eigenvalue weighted by molar-refractivity contribution is -0.115. The summed E-state index contributed by atoms with van der Waals surface area (Å²) in [6.07, 6.45) is 4.32. The van der Waals surface area contributed by atoms with E-state index in [4.69, 9.17) is 11.6 Å². The Kier molecular flexibility index (Phi) is 3.85. The third-order valence-electron chi connectivity index (χ3n) is 3.73. The Bertz CT molecular complexity index is 1100. The van der Waals surface area contributed by atoms with Crippen LogP contribution in [0.5, 0.6) is 0 Å². The fourth-order valence-electron chi connectivity index (χ4n) is 2.55. The second-order valence-electron chi connectivity index (χ2n) is 5.52. The molecule has 0 bridgehead atoms. The van der Waals surface area contributed by atoms with Gasteiger partial charge in [-0.25, -0.2) is 23.1 Å². The molecule has 0 atom stereocenters. The predicted octanol–water partition coefficient (Wildman–Crippen LogP) is 1.61. The molecule has 0 saturated heterocycles. The molecular formula is C15H11ClN6O3S. The molecule has 132 valence electrons. The summed E-state index contributed by atoms with van der Waals surface area (Å²) in [6.45, 7) is 0. The van der Waals surface area contributed by atoms with Crippen LogP contribution in [-0.2, 0) is 21.2 Å². The molecule has 0 aliphatic carbocycles. The number of nitrogens with one attached hydrogen (secondary N) is 2. The number of rotatable bonds is 4. The lowest BCUT2D eigenvalue weighted by Crippen LogP contribution is -2.14. The number of hydrogen-bond donors (Lipinski definition) is 2. The maximum absolute atomic E-state index is 12.7. The maximum atomic E-state index is 12.7. The van der Waals surface area contributed by atoms with Crippen LogP contribution in [0.3, 0.4) is 0 Å². The number of sulfonamides is 1. The van der Waals surface area contributed by atoms with E-state index in [0.717, 1.165) is 0 Å². The van der Waals surface area contributed by atoms with E-state index in [0.29, 0.717) is 17.1 Å². The lowest BCUT2D eigenvalue weighted by Gasteiger charge is -2.11. The van der Waals surface area contributed by atoms with Crippen LogP contribution >= 0.6 is 11.6 Å². The van der Waals surface area contributed by atoms with Gasteiger partial charge in [0.25, 0.3) is 10.0 Å². The van der Waals surface area contributed by atoms with Crippen LogP contribution in [0, 0.1) is 0 Å². The largest absolute Gasteiger partial charge is 0.325 e. The molecule has 4 rings (SSSR count). The highest BCUT2D eigenvalue weighted by atomic mass is 35.5. The van der Waals surface area contributed by atoms with Crippen molar-refractivity contribution in [3.8, 4) is 5.82 Å². The van der Waals surface area contributed by atoms with Gasteiger partial charge in [-0.1, -0.05) is 11.6 Å². The number of aromatic nitrogens is 4. The van der Waals surface area contributed by atoms with Gasteiger partial charge in [0.2, 0.25) is 5.91 Å². The van der Waals surface area contributed by atoms with Crippen molar-refractivity contribution in [1.29, 1.82) is 0 Å². The van der Waals surface area contributed by atoms with Gasteiger partial charge in [0.15, 0.2) is 5.82 Å². The first-order valence-electron chi connectivity index (χ1n) is 7.38. The molecule has 1 amide bonds. The third-order valence-corrected chi connectivity index (χ3v) is 5.57. The van der Waals surface area contributed by atoms with Crippen LogP contribution in [0.1, 0.15) is 5.56 Å². The number of nitrogens with zero attached hydrogens (tertiary/aromatic N) is 4. The molecule has 26 heavy (non-hydrogen) atoms. The van der Waals surface area contributed by atoms with Crippen molar-refractivity contribution >= 4 is 38.9 Å². The van der Waals surface area contributed by atoms with Crippen molar-refractivity contribution in [3.05, 3.63) is 53.7 Å². The summed E-state index contributed by atoms with van der Waals surface area (Å²) in [7, 11) is -3.95. The van der Waals surface area contributed by atoms with Gasteiger partial charge < -0.3 is 5.32 Å². The molecule has 1 aliphatic heterocycles. The highest BCUT2D eigenvalue weighted by Crippen LogP contribution is 2.33. The number of carbonyl (C=O) groups is 1. The number of pyridine rings is 1. The van der Waals surface area contributed by atoms with Crippen molar-refractivity contribution in [1.82, 2.24) is 19.7 Å². The van der Waals surface area contributed by atoms with Crippen molar-refractivity contribution in [2.75, 3.05) is 10.0 Å². The van der Waals surface area contributed by atoms with E-state index in [1.165, 1.54) is 35.7 Å². The van der Waals surface area contributed by atoms with E-state index in [9.17, 15) is 13.2 Å². The fraction of sp³-hybridized carbons (Fsp3) is 0.0667. The van der Waals surface area contributed by atoms with E-state index in [2.05, 4.69) is 25.1 Å². The average molecular weight is 391 g/mol. The Morgan fingerprint density at radius 2 is 2.12 bits per heavy atom. The van der Waals surface area contributed by atoms with Crippen molar-refractivity contribution in [2.45, 2.75) is 11.3 Å². The molecule has 0 saturated carbocycles. The molecule has 1 aliphatic rings. The fourth-order valence-corrected chi connectivity index (χ4v) is 4.17. The standard InChI is InChI=1S/C15H11ClN6O3S/c16-11-5-12-9(4-15(23)20-12)3-13(11)26(24,25)21-10-1-2-14(18-6-10)22-8-17-7-19-22/h1-3,5-8,21H,4H2,(H,20,23). The van der Waals surface area contributed by atoms with Gasteiger partial charge in [0.1, 0.15) is 17.6 Å². The van der Waals surface area contributed by atoms with Gasteiger partial charge in [-0.15, -0.1) is 0 Å². The van der Waals surface area contributed by atoms with Crippen LogP contribution in [0.2, 0.25) is 5.02 Å². The second kappa shape index (κ2) is 6.07. The molecule has 3 heterocycles. The highest BCUT2D eigenvalue weighted by Gasteiger charge is 2.25. The Hall–Kier alpha value is -2.98. The topological polar surface area (TPSA) is 119 Å². The highest BCUT2D eigenvalue weighted by molar-refractivity contribution is 7.92. The third kappa shape index (κ3) is 3.00. The molecule has 9 nitrogen and oxygen atoms in total. The average Bonchev–Trinajstić information content (AvgIpc) is 3.23. The minimum absolute atomic E-state index is 0.0191. The summed E-state index contributed by atoms with van der Waals surface area (Å²) in [5.41, 5.74) is 1.37. The number of carbonyl (C=O) groups excluding carboxylic acids is 1. The summed E-state index contributed by atoms with van der Waals surface area (Å²) in [4.78, 5) is 19.3. The second-order valence-corrected chi connectivity index (χ2v) is 7.57. The molecule has 2 N–H and O–H groups in total. The SMILES string of the molecule is O=C1Cc2cc(S(=O)(=O)Nc3ccc(-n4cncn4)nc3)c(Cl)cc2N1. The first-order valence-corrected chi connectivity index (χ1v) is 9.25. The Morgan fingerprint density at radius 3 is 2.81 bits per heavy atom. The summed E-state index contributed by atoms with van der Waals surface area (Å²) >= 11 is 6.09. The zero-order valence-corrected chi connectivity index (χ0v) is 14.6. The predicted molar refractivity (Wildman–Crippen MR) is 93.7 cm³/mol. The van der Waals surface area contributed by atoms with E-state index in [1.807, 2.05) is 0 Å². The van der Waals surface area contributed by atoms with Crippen LogP contribution in [-0.4, -0.2) is 34.1 Å². The van der Waals surface area contributed by atoms with Crippen LogP contribution in [0.25, 0.3) is 5.82 Å². The summed E-state index contributed by atoms with van der Waals surface area (Å²) in [6, 6.07) is 5.98. The molecule has 11 heteroatoms. The number of anilines is 2. The van der Waals surface area contributed by atoms with E-state index in [-0.39, 0.29) is 27.9 Å². The maximum Gasteiger partial charge on any atom is 0.263 e. The normalized spacial score (nSPS) is 13.3. The van der Waals surface area contributed by atoms with E-state index >= 15 is 0 Å². The van der Waals surface area contributed by atoms with Crippen molar-refractivity contribution in [2.24, 2.45) is 0 Å². The molecular weight excluding hydrogens is 380 g/mol.